The summed E-state index contributed by atoms with van der Waals surface area (Å²) >= 11 is 1.34. The molecule has 0 saturated heterocycles. The first-order valence-electron chi connectivity index (χ1n) is 13.1. The number of amides is 1. The number of para-hydroxylation sites is 1. The molecule has 3 heterocycles. The third kappa shape index (κ3) is 4.67. The zero-order chi connectivity index (χ0) is 26.8. The van der Waals surface area contributed by atoms with Crippen molar-refractivity contribution in [1.82, 2.24) is 10.2 Å². The number of carbonyl (C=O) groups is 1. The average Bonchev–Trinajstić information content (AvgIpc) is 3.51. The van der Waals surface area contributed by atoms with Crippen LogP contribution in [0.15, 0.2) is 51.7 Å². The van der Waals surface area contributed by atoms with E-state index < -0.39 is 11.9 Å². The molecule has 2 aromatic carbocycles. The molecular formula is C29H31N3O5S. The molecule has 1 amide bonds. The highest BCUT2D eigenvalue weighted by Crippen LogP contribution is 2.44. The largest absolute Gasteiger partial charge is 0.490 e. The van der Waals surface area contributed by atoms with Crippen LogP contribution in [-0.4, -0.2) is 29.3 Å². The van der Waals surface area contributed by atoms with Gasteiger partial charge in [0.25, 0.3) is 5.91 Å². The number of hydrogen-bond acceptors (Lipinski definition) is 8. The number of rotatable bonds is 10. The number of ether oxygens (including phenoxy) is 2. The Kier molecular flexibility index (Phi) is 7.46. The monoisotopic (exact) mass is 533 g/mol. The molecule has 2 aromatic heterocycles. The summed E-state index contributed by atoms with van der Waals surface area (Å²) in [5, 5.41) is 10.3. The van der Waals surface area contributed by atoms with Crippen LogP contribution in [0.25, 0.3) is 11.0 Å². The predicted octanol–water partition coefficient (Wildman–Crippen LogP) is 6.49. The molecule has 0 fully saturated rings. The van der Waals surface area contributed by atoms with E-state index in [2.05, 4.69) is 17.1 Å². The maximum Gasteiger partial charge on any atom is 0.297 e. The Balaban J connectivity index is 1.66. The summed E-state index contributed by atoms with van der Waals surface area (Å²) in [7, 11) is 0. The highest BCUT2D eigenvalue weighted by molar-refractivity contribution is 7.15. The molecule has 0 aliphatic carbocycles. The fourth-order valence-electron chi connectivity index (χ4n) is 4.61. The van der Waals surface area contributed by atoms with Gasteiger partial charge in [0.15, 0.2) is 16.9 Å². The van der Waals surface area contributed by atoms with Crippen LogP contribution in [0.5, 0.6) is 11.5 Å². The van der Waals surface area contributed by atoms with Crippen molar-refractivity contribution in [2.24, 2.45) is 0 Å². The Bertz CT molecular complexity index is 1530. The Morgan fingerprint density at radius 3 is 2.58 bits per heavy atom. The number of benzene rings is 2. The minimum atomic E-state index is -0.750. The van der Waals surface area contributed by atoms with Gasteiger partial charge in [0.05, 0.1) is 30.2 Å². The van der Waals surface area contributed by atoms with Crippen LogP contribution in [0.4, 0.5) is 5.13 Å². The van der Waals surface area contributed by atoms with E-state index in [-0.39, 0.29) is 22.7 Å². The molecular weight excluding hydrogens is 502 g/mol. The standard InChI is InChI=1S/C29H31N3O5S/c1-5-7-10-15-36-21-14-13-18(16-22(21)35-6-2)24-23-25(33)19-11-8-9-12-20(19)37-26(23)28(34)32(24)29-31-30-27(38-29)17(3)4/h8-9,11-14,16-17,24H,5-7,10,15H2,1-4H3. The van der Waals surface area contributed by atoms with E-state index in [4.69, 9.17) is 13.9 Å². The van der Waals surface area contributed by atoms with Crippen molar-refractivity contribution in [3.05, 3.63) is 74.6 Å². The molecule has 0 bridgehead atoms. The van der Waals surface area contributed by atoms with Gasteiger partial charge in [-0.1, -0.05) is 63.1 Å². The Morgan fingerprint density at radius 2 is 1.84 bits per heavy atom. The van der Waals surface area contributed by atoms with Gasteiger partial charge in [0.1, 0.15) is 10.6 Å². The summed E-state index contributed by atoms with van der Waals surface area (Å²) in [4.78, 5) is 29.1. The third-order valence-electron chi connectivity index (χ3n) is 6.50. The average molecular weight is 534 g/mol. The van der Waals surface area contributed by atoms with Gasteiger partial charge in [-0.3, -0.25) is 14.5 Å². The SMILES string of the molecule is CCCCCOc1ccc(C2c3c(oc4ccccc4c3=O)C(=O)N2c2nnc(C(C)C)s2)cc1OCC. The van der Waals surface area contributed by atoms with Gasteiger partial charge >= 0.3 is 0 Å². The predicted molar refractivity (Wildman–Crippen MR) is 148 cm³/mol. The van der Waals surface area contributed by atoms with E-state index in [1.165, 1.54) is 16.2 Å². The first-order chi connectivity index (χ1) is 18.4. The zero-order valence-electron chi connectivity index (χ0n) is 22.0. The van der Waals surface area contributed by atoms with Crippen molar-refractivity contribution < 1.29 is 18.7 Å². The summed E-state index contributed by atoms with van der Waals surface area (Å²) in [5.74, 6) is 0.949. The summed E-state index contributed by atoms with van der Waals surface area (Å²) < 4.78 is 18.0. The van der Waals surface area contributed by atoms with Crippen molar-refractivity contribution in [3.8, 4) is 11.5 Å². The Labute approximate surface area is 225 Å². The lowest BCUT2D eigenvalue weighted by molar-refractivity contribution is 0.0970. The molecule has 8 nitrogen and oxygen atoms in total. The smallest absolute Gasteiger partial charge is 0.297 e. The van der Waals surface area contributed by atoms with Crippen molar-refractivity contribution in [2.45, 2.75) is 58.9 Å². The molecule has 5 rings (SSSR count). The Morgan fingerprint density at radius 1 is 1.03 bits per heavy atom. The molecule has 9 heteroatoms. The molecule has 0 saturated carbocycles. The molecule has 0 spiro atoms. The van der Waals surface area contributed by atoms with Crippen LogP contribution in [-0.2, 0) is 0 Å². The fraction of sp³-hybridized carbons (Fsp3) is 0.379. The number of aromatic nitrogens is 2. The molecule has 1 unspecified atom stereocenters. The summed E-state index contributed by atoms with van der Waals surface area (Å²) in [6.45, 7) is 9.13. The number of anilines is 1. The van der Waals surface area contributed by atoms with Crippen molar-refractivity contribution in [1.29, 1.82) is 0 Å². The molecule has 4 aromatic rings. The maximum absolute atomic E-state index is 13.8. The van der Waals surface area contributed by atoms with Gasteiger partial charge in [-0.15, -0.1) is 10.2 Å². The highest BCUT2D eigenvalue weighted by atomic mass is 32.1. The van der Waals surface area contributed by atoms with E-state index in [0.717, 1.165) is 24.3 Å². The summed E-state index contributed by atoms with van der Waals surface area (Å²) in [5.41, 5.74) is 1.12. The number of unbranched alkanes of at least 4 members (excludes halogenated alkanes) is 2. The van der Waals surface area contributed by atoms with Gasteiger partial charge in [-0.25, -0.2) is 0 Å². The normalized spacial score (nSPS) is 14.9. The minimum absolute atomic E-state index is 0.0258. The molecule has 1 atom stereocenters. The van der Waals surface area contributed by atoms with Gasteiger partial charge < -0.3 is 13.9 Å². The van der Waals surface area contributed by atoms with E-state index >= 15 is 0 Å². The summed E-state index contributed by atoms with van der Waals surface area (Å²) in [6, 6.07) is 11.8. The highest BCUT2D eigenvalue weighted by Gasteiger charge is 2.45. The van der Waals surface area contributed by atoms with Crippen LogP contribution in [0.3, 0.4) is 0 Å². The fourth-order valence-corrected chi connectivity index (χ4v) is 5.48. The molecule has 0 radical (unpaired) electrons. The third-order valence-corrected chi connectivity index (χ3v) is 7.72. The van der Waals surface area contributed by atoms with E-state index in [1.807, 2.05) is 39.0 Å². The number of carbonyl (C=O) groups excluding carboxylic acids is 1. The van der Waals surface area contributed by atoms with E-state index in [0.29, 0.717) is 46.4 Å². The first kappa shape index (κ1) is 25.9. The van der Waals surface area contributed by atoms with Gasteiger partial charge in [0.2, 0.25) is 10.9 Å². The minimum Gasteiger partial charge on any atom is -0.490 e. The quantitative estimate of drug-likeness (QED) is 0.215. The van der Waals surface area contributed by atoms with Crippen LogP contribution in [0, 0.1) is 0 Å². The molecule has 1 aliphatic rings. The maximum atomic E-state index is 13.8. The van der Waals surface area contributed by atoms with E-state index in [1.54, 1.807) is 24.3 Å². The number of hydrogen-bond donors (Lipinski definition) is 0. The zero-order valence-corrected chi connectivity index (χ0v) is 22.8. The Hall–Kier alpha value is -3.72. The molecule has 38 heavy (non-hydrogen) atoms. The van der Waals surface area contributed by atoms with Crippen molar-refractivity contribution in [3.63, 3.8) is 0 Å². The number of nitrogens with zero attached hydrogens (tertiary/aromatic N) is 3. The second-order valence-corrected chi connectivity index (χ2v) is 10.5. The van der Waals surface area contributed by atoms with Crippen LogP contribution >= 0.6 is 11.3 Å². The van der Waals surface area contributed by atoms with Crippen molar-refractivity contribution >= 4 is 33.3 Å². The van der Waals surface area contributed by atoms with Crippen LogP contribution < -0.4 is 19.8 Å². The first-order valence-corrected chi connectivity index (χ1v) is 13.9. The summed E-state index contributed by atoms with van der Waals surface area (Å²) in [6.07, 6.45) is 3.14. The second-order valence-electron chi connectivity index (χ2n) is 9.52. The van der Waals surface area contributed by atoms with Gasteiger partial charge in [0, 0.05) is 5.92 Å². The molecule has 1 aliphatic heterocycles. The second kappa shape index (κ2) is 10.9. The molecule has 198 valence electrons. The van der Waals surface area contributed by atoms with Crippen LogP contribution in [0.1, 0.15) is 85.6 Å². The molecule has 0 N–H and O–H groups in total. The number of fused-ring (bicyclic) bond motifs is 2. The lowest BCUT2D eigenvalue weighted by atomic mass is 9.98. The van der Waals surface area contributed by atoms with Crippen molar-refractivity contribution in [2.75, 3.05) is 18.1 Å². The van der Waals surface area contributed by atoms with E-state index in [9.17, 15) is 9.59 Å². The van der Waals surface area contributed by atoms with Crippen LogP contribution in [0.2, 0.25) is 0 Å². The lowest BCUT2D eigenvalue weighted by Gasteiger charge is -2.23. The van der Waals surface area contributed by atoms with Gasteiger partial charge in [-0.2, -0.15) is 0 Å². The van der Waals surface area contributed by atoms with Gasteiger partial charge in [-0.05, 0) is 43.2 Å². The topological polar surface area (TPSA) is 94.8 Å². The lowest BCUT2D eigenvalue weighted by Crippen LogP contribution is -2.29.